The minimum atomic E-state index is -0.617. The number of carbonyl (C=O) groups is 2. The van der Waals surface area contributed by atoms with Crippen molar-refractivity contribution in [1.82, 2.24) is 15.5 Å². The smallest absolute Gasteiger partial charge is 0.338 e. The number of methoxy groups -OCH3 is 1. The highest BCUT2D eigenvalue weighted by Gasteiger charge is 2.35. The van der Waals surface area contributed by atoms with Gasteiger partial charge in [0.15, 0.2) is 0 Å². The van der Waals surface area contributed by atoms with E-state index >= 15 is 0 Å². The Kier molecular flexibility index (Phi) is 7.14. The maximum Gasteiger partial charge on any atom is 0.338 e. The maximum atomic E-state index is 13.0. The zero-order valence-corrected chi connectivity index (χ0v) is 19.0. The molecular weight excluding hydrogens is 420 g/mol. The lowest BCUT2D eigenvalue weighted by atomic mass is 9.94. The molecule has 4 rings (SSSR count). The van der Waals surface area contributed by atoms with Crippen LogP contribution >= 0.6 is 0 Å². The molecule has 2 aliphatic heterocycles. The number of ether oxygens (including phenoxy) is 2. The van der Waals surface area contributed by atoms with E-state index < -0.39 is 12.0 Å². The van der Waals surface area contributed by atoms with Crippen LogP contribution in [0.4, 0.5) is 10.5 Å². The Morgan fingerprint density at radius 2 is 1.82 bits per heavy atom. The largest absolute Gasteiger partial charge is 0.497 e. The van der Waals surface area contributed by atoms with Crippen LogP contribution in [0.15, 0.2) is 65.9 Å². The molecule has 8 heteroatoms. The van der Waals surface area contributed by atoms with E-state index in [-0.39, 0.29) is 12.6 Å². The van der Waals surface area contributed by atoms with Gasteiger partial charge in [-0.1, -0.05) is 30.3 Å². The molecule has 1 fully saturated rings. The molecule has 33 heavy (non-hydrogen) atoms. The van der Waals surface area contributed by atoms with Gasteiger partial charge in [-0.3, -0.25) is 4.90 Å². The summed E-state index contributed by atoms with van der Waals surface area (Å²) in [6, 6.07) is 16.7. The van der Waals surface area contributed by atoms with Gasteiger partial charge in [-0.25, -0.2) is 9.59 Å². The number of para-hydroxylation sites is 1. The molecule has 0 bridgehead atoms. The first kappa shape index (κ1) is 22.7. The van der Waals surface area contributed by atoms with E-state index in [1.165, 1.54) is 5.69 Å². The molecule has 0 saturated carbocycles. The van der Waals surface area contributed by atoms with Crippen molar-refractivity contribution in [3.63, 3.8) is 0 Å². The summed E-state index contributed by atoms with van der Waals surface area (Å²) in [5, 5.41) is 5.74. The summed E-state index contributed by atoms with van der Waals surface area (Å²) in [5.74, 6) is 0.220. The Hall–Kier alpha value is -3.52. The first-order valence-corrected chi connectivity index (χ1v) is 11.2. The molecule has 2 aromatic carbocycles. The van der Waals surface area contributed by atoms with Gasteiger partial charge < -0.3 is 25.0 Å². The van der Waals surface area contributed by atoms with Gasteiger partial charge in [-0.15, -0.1) is 0 Å². The normalized spacial score (nSPS) is 19.0. The number of anilines is 1. The monoisotopic (exact) mass is 450 g/mol. The molecule has 1 saturated heterocycles. The van der Waals surface area contributed by atoms with Gasteiger partial charge in [0.1, 0.15) is 5.75 Å². The van der Waals surface area contributed by atoms with Gasteiger partial charge in [0.05, 0.1) is 25.3 Å². The summed E-state index contributed by atoms with van der Waals surface area (Å²) in [4.78, 5) is 30.1. The average Bonchev–Trinajstić information content (AvgIpc) is 2.85. The molecule has 2 N–H and O–H groups in total. The standard InChI is InChI=1S/C25H30N4O4/c1-3-33-24(30)22-21(17-28-12-14-29(15-13-28)19-9-5-4-6-10-19)26-25(31)27-23(22)18-8-7-11-20(16-18)32-2/h4-11,16,23H,3,12-15,17H2,1-2H3,(H2,26,27,31). The van der Waals surface area contributed by atoms with E-state index in [0.29, 0.717) is 23.6 Å². The van der Waals surface area contributed by atoms with E-state index in [0.717, 1.165) is 31.7 Å². The number of piperazine rings is 1. The van der Waals surface area contributed by atoms with E-state index in [4.69, 9.17) is 9.47 Å². The zero-order chi connectivity index (χ0) is 23.2. The lowest BCUT2D eigenvalue weighted by Crippen LogP contribution is -2.51. The van der Waals surface area contributed by atoms with Crippen LogP contribution in [-0.4, -0.2) is 63.3 Å². The molecule has 0 aromatic heterocycles. The van der Waals surface area contributed by atoms with Crippen molar-refractivity contribution in [2.24, 2.45) is 0 Å². The van der Waals surface area contributed by atoms with Crippen molar-refractivity contribution < 1.29 is 19.1 Å². The van der Waals surface area contributed by atoms with E-state index in [2.05, 4.69) is 32.6 Å². The lowest BCUT2D eigenvalue weighted by Gasteiger charge is -2.38. The number of hydrogen-bond acceptors (Lipinski definition) is 6. The second-order valence-electron chi connectivity index (χ2n) is 8.02. The number of nitrogens with one attached hydrogen (secondary N) is 2. The fourth-order valence-electron chi connectivity index (χ4n) is 4.29. The Bertz CT molecular complexity index is 1020. The highest BCUT2D eigenvalue weighted by atomic mass is 16.5. The van der Waals surface area contributed by atoms with Crippen LogP contribution < -0.4 is 20.3 Å². The predicted octanol–water partition coefficient (Wildman–Crippen LogP) is 2.69. The van der Waals surface area contributed by atoms with Crippen LogP contribution in [0, 0.1) is 0 Å². The summed E-state index contributed by atoms with van der Waals surface area (Å²) in [5.41, 5.74) is 2.98. The summed E-state index contributed by atoms with van der Waals surface area (Å²) in [6.45, 7) is 5.88. The lowest BCUT2D eigenvalue weighted by molar-refractivity contribution is -0.139. The number of carbonyl (C=O) groups excluding carboxylic acids is 2. The molecule has 1 atom stereocenters. The van der Waals surface area contributed by atoms with Crippen molar-refractivity contribution in [3.8, 4) is 5.75 Å². The number of esters is 1. The third kappa shape index (κ3) is 5.28. The predicted molar refractivity (Wildman–Crippen MR) is 126 cm³/mol. The number of urea groups is 1. The minimum Gasteiger partial charge on any atom is -0.497 e. The summed E-state index contributed by atoms with van der Waals surface area (Å²) in [7, 11) is 1.59. The summed E-state index contributed by atoms with van der Waals surface area (Å²) in [6.07, 6.45) is 0. The Labute approximate surface area is 194 Å². The minimum absolute atomic E-state index is 0.254. The van der Waals surface area contributed by atoms with Crippen LogP contribution in [0.1, 0.15) is 18.5 Å². The Balaban J connectivity index is 1.57. The van der Waals surface area contributed by atoms with Crippen LogP contribution in [0.25, 0.3) is 0 Å². The number of benzene rings is 2. The highest BCUT2D eigenvalue weighted by Crippen LogP contribution is 2.30. The number of hydrogen-bond donors (Lipinski definition) is 2. The molecule has 8 nitrogen and oxygen atoms in total. The van der Waals surface area contributed by atoms with Crippen molar-refractivity contribution >= 4 is 17.7 Å². The third-order valence-corrected chi connectivity index (χ3v) is 5.95. The van der Waals surface area contributed by atoms with Gasteiger partial charge in [0.25, 0.3) is 0 Å². The van der Waals surface area contributed by atoms with Crippen molar-refractivity contribution in [3.05, 3.63) is 71.4 Å². The van der Waals surface area contributed by atoms with Gasteiger partial charge >= 0.3 is 12.0 Å². The van der Waals surface area contributed by atoms with Crippen LogP contribution in [0.5, 0.6) is 5.75 Å². The molecule has 2 heterocycles. The molecular formula is C25H30N4O4. The fourth-order valence-corrected chi connectivity index (χ4v) is 4.29. The topological polar surface area (TPSA) is 83.1 Å². The van der Waals surface area contributed by atoms with Crippen molar-refractivity contribution in [1.29, 1.82) is 0 Å². The van der Waals surface area contributed by atoms with Crippen molar-refractivity contribution in [2.75, 3.05) is 51.3 Å². The second-order valence-corrected chi connectivity index (χ2v) is 8.02. The van der Waals surface area contributed by atoms with Crippen molar-refractivity contribution in [2.45, 2.75) is 13.0 Å². The third-order valence-electron chi connectivity index (χ3n) is 5.95. The number of rotatable bonds is 7. The van der Waals surface area contributed by atoms with Gasteiger partial charge in [-0.2, -0.15) is 0 Å². The zero-order valence-electron chi connectivity index (χ0n) is 19.0. The SMILES string of the molecule is CCOC(=O)C1=C(CN2CCN(c3ccccc3)CC2)NC(=O)NC1c1cccc(OC)c1. The molecule has 0 spiro atoms. The van der Waals surface area contributed by atoms with Crippen LogP contribution in [0.2, 0.25) is 0 Å². The van der Waals surface area contributed by atoms with E-state index in [9.17, 15) is 9.59 Å². The molecule has 1 unspecified atom stereocenters. The second kappa shape index (κ2) is 10.4. The Morgan fingerprint density at radius 1 is 1.06 bits per heavy atom. The van der Waals surface area contributed by atoms with E-state index in [1.807, 2.05) is 42.5 Å². The van der Waals surface area contributed by atoms with Crippen LogP contribution in [-0.2, 0) is 9.53 Å². The first-order chi connectivity index (χ1) is 16.1. The molecule has 174 valence electrons. The van der Waals surface area contributed by atoms with Gasteiger partial charge in [0, 0.05) is 44.1 Å². The van der Waals surface area contributed by atoms with E-state index in [1.54, 1.807) is 14.0 Å². The molecule has 2 aliphatic rings. The van der Waals surface area contributed by atoms with Crippen LogP contribution in [0.3, 0.4) is 0 Å². The number of amides is 2. The molecule has 2 aromatic rings. The molecule has 2 amide bonds. The summed E-state index contributed by atoms with van der Waals surface area (Å²) < 4.78 is 10.7. The average molecular weight is 451 g/mol. The fraction of sp³-hybridized carbons (Fsp3) is 0.360. The first-order valence-electron chi connectivity index (χ1n) is 11.2. The van der Waals surface area contributed by atoms with Gasteiger partial charge in [-0.05, 0) is 36.8 Å². The molecule has 0 aliphatic carbocycles. The quantitative estimate of drug-likeness (QED) is 0.631. The van der Waals surface area contributed by atoms with Gasteiger partial charge in [0.2, 0.25) is 0 Å². The molecule has 0 radical (unpaired) electrons. The summed E-state index contributed by atoms with van der Waals surface area (Å²) >= 11 is 0. The maximum absolute atomic E-state index is 13.0. The Morgan fingerprint density at radius 3 is 2.52 bits per heavy atom. The highest BCUT2D eigenvalue weighted by molar-refractivity contribution is 5.95. The number of nitrogens with zero attached hydrogens (tertiary/aromatic N) is 2.